The highest BCUT2D eigenvalue weighted by molar-refractivity contribution is 7.98. The van der Waals surface area contributed by atoms with Crippen molar-refractivity contribution in [2.45, 2.75) is 6.92 Å². The highest BCUT2D eigenvalue weighted by Crippen LogP contribution is 2.09. The lowest BCUT2D eigenvalue weighted by Gasteiger charge is -2.10. The minimum atomic E-state index is 0.113. The number of thioether (sulfide) groups is 1. The SMILES string of the molecule is CSCC(C)CNc1nc(N)nc(Cl)n1. The molecule has 0 spiro atoms. The van der Waals surface area contributed by atoms with Crippen molar-refractivity contribution >= 4 is 35.3 Å². The van der Waals surface area contributed by atoms with Crippen LogP contribution in [0.2, 0.25) is 5.28 Å². The van der Waals surface area contributed by atoms with Crippen LogP contribution in [-0.4, -0.2) is 33.5 Å². The molecule has 1 heterocycles. The number of nitrogens with two attached hydrogens (primary N) is 1. The lowest BCUT2D eigenvalue weighted by molar-refractivity contribution is 0.696. The van der Waals surface area contributed by atoms with E-state index in [2.05, 4.69) is 33.4 Å². The molecule has 1 atom stereocenters. The van der Waals surface area contributed by atoms with Crippen molar-refractivity contribution in [3.8, 4) is 0 Å². The monoisotopic (exact) mass is 247 g/mol. The van der Waals surface area contributed by atoms with Crippen molar-refractivity contribution < 1.29 is 0 Å². The number of nitrogens with zero attached hydrogens (tertiary/aromatic N) is 3. The highest BCUT2D eigenvalue weighted by Gasteiger charge is 2.04. The maximum Gasteiger partial charge on any atom is 0.228 e. The molecule has 3 N–H and O–H groups in total. The summed E-state index contributed by atoms with van der Waals surface area (Å²) in [5, 5.41) is 3.18. The summed E-state index contributed by atoms with van der Waals surface area (Å²) in [6, 6.07) is 0. The second kappa shape index (κ2) is 5.97. The summed E-state index contributed by atoms with van der Waals surface area (Å²) in [7, 11) is 0. The Morgan fingerprint density at radius 3 is 2.80 bits per heavy atom. The molecule has 1 aromatic rings. The van der Waals surface area contributed by atoms with E-state index in [1.165, 1.54) is 0 Å². The van der Waals surface area contributed by atoms with Crippen molar-refractivity contribution in [1.29, 1.82) is 0 Å². The van der Waals surface area contributed by atoms with Gasteiger partial charge in [-0.05, 0) is 29.5 Å². The Labute approximate surface area is 98.2 Å². The van der Waals surface area contributed by atoms with Gasteiger partial charge in [-0.2, -0.15) is 26.7 Å². The van der Waals surface area contributed by atoms with Gasteiger partial charge in [0.1, 0.15) is 0 Å². The van der Waals surface area contributed by atoms with Gasteiger partial charge in [0.25, 0.3) is 0 Å². The van der Waals surface area contributed by atoms with Gasteiger partial charge < -0.3 is 11.1 Å². The topological polar surface area (TPSA) is 76.7 Å². The van der Waals surface area contributed by atoms with E-state index in [0.717, 1.165) is 12.3 Å². The first-order valence-electron chi connectivity index (χ1n) is 4.51. The quantitative estimate of drug-likeness (QED) is 0.822. The molecule has 7 heteroatoms. The lowest BCUT2D eigenvalue weighted by atomic mass is 10.2. The first-order valence-corrected chi connectivity index (χ1v) is 6.29. The molecule has 0 saturated heterocycles. The fraction of sp³-hybridized carbons (Fsp3) is 0.625. The van der Waals surface area contributed by atoms with Crippen LogP contribution in [0.1, 0.15) is 6.92 Å². The third-order valence-corrected chi connectivity index (χ3v) is 2.76. The van der Waals surface area contributed by atoms with Gasteiger partial charge in [0.2, 0.25) is 17.2 Å². The number of nitrogen functional groups attached to an aromatic ring is 1. The fourth-order valence-corrected chi connectivity index (χ4v) is 1.91. The van der Waals surface area contributed by atoms with Crippen LogP contribution < -0.4 is 11.1 Å². The Bertz CT molecular complexity index is 302. The van der Waals surface area contributed by atoms with Crippen LogP contribution in [0.3, 0.4) is 0 Å². The fourth-order valence-electron chi connectivity index (χ4n) is 1.05. The van der Waals surface area contributed by atoms with E-state index in [9.17, 15) is 0 Å². The maximum absolute atomic E-state index is 5.64. The number of hydrogen-bond donors (Lipinski definition) is 2. The Balaban J connectivity index is 2.50. The number of rotatable bonds is 5. The van der Waals surface area contributed by atoms with Crippen LogP contribution in [0.4, 0.5) is 11.9 Å². The van der Waals surface area contributed by atoms with Crippen LogP contribution in [0.5, 0.6) is 0 Å². The van der Waals surface area contributed by atoms with Crippen LogP contribution in [0, 0.1) is 5.92 Å². The predicted molar refractivity (Wildman–Crippen MR) is 65.3 cm³/mol. The summed E-state index contributed by atoms with van der Waals surface area (Å²) in [6.45, 7) is 2.94. The molecule has 84 valence electrons. The van der Waals surface area contributed by atoms with Crippen molar-refractivity contribution in [1.82, 2.24) is 15.0 Å². The van der Waals surface area contributed by atoms with Gasteiger partial charge in [0.05, 0.1) is 0 Å². The molecule has 0 fully saturated rings. The van der Waals surface area contributed by atoms with E-state index in [4.69, 9.17) is 17.3 Å². The number of halogens is 1. The standard InChI is InChI=1S/C8H14ClN5S/c1-5(4-15-2)3-11-8-13-6(9)12-7(10)14-8/h5H,3-4H2,1-2H3,(H3,10,11,12,13,14). The van der Waals surface area contributed by atoms with Gasteiger partial charge in [0.15, 0.2) is 0 Å². The molecule has 0 amide bonds. The third-order valence-electron chi connectivity index (χ3n) is 1.69. The number of aromatic nitrogens is 3. The molecule has 0 aliphatic carbocycles. The van der Waals surface area contributed by atoms with E-state index < -0.39 is 0 Å². The van der Waals surface area contributed by atoms with Crippen molar-refractivity contribution in [2.75, 3.05) is 29.6 Å². The molecular formula is C8H14ClN5S. The van der Waals surface area contributed by atoms with Crippen LogP contribution in [0.15, 0.2) is 0 Å². The molecule has 1 aromatic heterocycles. The molecule has 0 aromatic carbocycles. The van der Waals surface area contributed by atoms with Crippen molar-refractivity contribution in [2.24, 2.45) is 5.92 Å². The molecule has 1 unspecified atom stereocenters. The predicted octanol–water partition coefficient (Wildman–Crippen LogP) is 1.52. The molecule has 0 bridgehead atoms. The second-order valence-corrected chi connectivity index (χ2v) is 4.48. The maximum atomic E-state index is 5.64. The normalized spacial score (nSPS) is 12.5. The van der Waals surface area contributed by atoms with Gasteiger partial charge in [-0.15, -0.1) is 0 Å². The molecule has 1 rings (SSSR count). The highest BCUT2D eigenvalue weighted by atomic mass is 35.5. The van der Waals surface area contributed by atoms with Crippen molar-refractivity contribution in [3.63, 3.8) is 0 Å². The Hall–Kier alpha value is -0.750. The molecular weight excluding hydrogens is 234 g/mol. The third kappa shape index (κ3) is 4.53. The van der Waals surface area contributed by atoms with Gasteiger partial charge in [-0.3, -0.25) is 0 Å². The summed E-state index contributed by atoms with van der Waals surface area (Å²) in [5.41, 5.74) is 5.43. The summed E-state index contributed by atoms with van der Waals surface area (Å²) < 4.78 is 0. The van der Waals surface area contributed by atoms with Gasteiger partial charge in [-0.1, -0.05) is 6.92 Å². The summed E-state index contributed by atoms with van der Waals surface area (Å²) in [6.07, 6.45) is 2.08. The first-order chi connectivity index (χ1) is 7.11. The number of hydrogen-bond acceptors (Lipinski definition) is 6. The minimum Gasteiger partial charge on any atom is -0.368 e. The Morgan fingerprint density at radius 2 is 2.20 bits per heavy atom. The molecule has 0 aliphatic heterocycles. The Morgan fingerprint density at radius 1 is 1.47 bits per heavy atom. The zero-order chi connectivity index (χ0) is 11.3. The summed E-state index contributed by atoms with van der Waals surface area (Å²) >= 11 is 7.45. The largest absolute Gasteiger partial charge is 0.368 e. The molecule has 15 heavy (non-hydrogen) atoms. The van der Waals surface area contributed by atoms with Gasteiger partial charge in [-0.25, -0.2) is 0 Å². The average molecular weight is 248 g/mol. The first kappa shape index (κ1) is 12.3. The molecule has 0 saturated carbocycles. The smallest absolute Gasteiger partial charge is 0.228 e. The zero-order valence-corrected chi connectivity index (χ0v) is 10.3. The second-order valence-electron chi connectivity index (χ2n) is 3.23. The zero-order valence-electron chi connectivity index (χ0n) is 8.70. The van der Waals surface area contributed by atoms with Crippen LogP contribution >= 0.6 is 23.4 Å². The van der Waals surface area contributed by atoms with E-state index in [0.29, 0.717) is 11.9 Å². The van der Waals surface area contributed by atoms with E-state index in [1.807, 2.05) is 11.8 Å². The van der Waals surface area contributed by atoms with Crippen molar-refractivity contribution in [3.05, 3.63) is 5.28 Å². The summed E-state index contributed by atoms with van der Waals surface area (Å²) in [4.78, 5) is 11.5. The number of anilines is 2. The minimum absolute atomic E-state index is 0.113. The molecule has 0 aliphatic rings. The van der Waals surface area contributed by atoms with Gasteiger partial charge >= 0.3 is 0 Å². The lowest BCUT2D eigenvalue weighted by Crippen LogP contribution is -2.15. The van der Waals surface area contributed by atoms with E-state index >= 15 is 0 Å². The van der Waals surface area contributed by atoms with E-state index in [-0.39, 0.29) is 11.2 Å². The molecule has 0 radical (unpaired) electrons. The number of nitrogens with one attached hydrogen (secondary N) is 1. The molecule has 5 nitrogen and oxygen atoms in total. The van der Waals surface area contributed by atoms with Crippen LogP contribution in [0.25, 0.3) is 0 Å². The van der Waals surface area contributed by atoms with Gasteiger partial charge in [0, 0.05) is 6.54 Å². The average Bonchev–Trinajstić information content (AvgIpc) is 2.14. The Kier molecular flexibility index (Phi) is 4.90. The summed E-state index contributed by atoms with van der Waals surface area (Å²) in [5.74, 6) is 2.19. The van der Waals surface area contributed by atoms with E-state index in [1.54, 1.807) is 0 Å². The van der Waals surface area contributed by atoms with Crippen LogP contribution in [-0.2, 0) is 0 Å².